The molecule has 2 aliphatic carbocycles. The fraction of sp³-hybridized carbons (Fsp3) is 0.900. The van der Waals surface area contributed by atoms with Crippen molar-refractivity contribution in [1.82, 2.24) is 10.6 Å². The summed E-state index contributed by atoms with van der Waals surface area (Å²) in [7, 11) is 0. The number of nitrogens with one attached hydrogen (secondary N) is 2. The number of hydrogen-bond donors (Lipinski definition) is 2. The van der Waals surface area contributed by atoms with Gasteiger partial charge in [-0.15, -0.1) is 0 Å². The molecule has 3 rings (SSSR count). The molecule has 1 saturated heterocycles. The number of fused-ring (bicyclic) bond motifs is 1. The fourth-order valence-electron chi connectivity index (χ4n) is 2.90. The van der Waals surface area contributed by atoms with E-state index in [1.54, 1.807) is 0 Å². The molecule has 0 aromatic carbocycles. The van der Waals surface area contributed by atoms with E-state index in [0.717, 1.165) is 24.9 Å². The molecule has 2 N–H and O–H groups in total. The normalized spacial score (nSPS) is 42.3. The van der Waals surface area contributed by atoms with Crippen molar-refractivity contribution in [3.8, 4) is 0 Å². The van der Waals surface area contributed by atoms with E-state index in [4.69, 9.17) is 0 Å². The molecule has 3 aliphatic rings. The van der Waals surface area contributed by atoms with E-state index >= 15 is 0 Å². The number of hydrogen-bond acceptors (Lipinski definition) is 2. The van der Waals surface area contributed by atoms with Crippen molar-refractivity contribution in [2.75, 3.05) is 13.1 Å². The van der Waals surface area contributed by atoms with Crippen LogP contribution in [0.15, 0.2) is 0 Å². The zero-order chi connectivity index (χ0) is 8.84. The minimum Gasteiger partial charge on any atom is -0.351 e. The van der Waals surface area contributed by atoms with Gasteiger partial charge >= 0.3 is 0 Å². The van der Waals surface area contributed by atoms with Crippen molar-refractivity contribution in [1.29, 1.82) is 0 Å². The Morgan fingerprint density at radius 2 is 1.92 bits per heavy atom. The summed E-state index contributed by atoms with van der Waals surface area (Å²) >= 11 is 0. The second-order valence-corrected chi connectivity index (χ2v) is 4.65. The maximum absolute atomic E-state index is 11.7. The summed E-state index contributed by atoms with van der Waals surface area (Å²) in [6.07, 6.45) is 3.95. The summed E-state index contributed by atoms with van der Waals surface area (Å²) in [5, 5.41) is 6.27. The molecule has 0 bridgehead atoms. The molecule has 1 aliphatic heterocycles. The summed E-state index contributed by atoms with van der Waals surface area (Å²) in [6, 6.07) is 0.425. The minimum atomic E-state index is 0.334. The molecule has 72 valence electrons. The van der Waals surface area contributed by atoms with Gasteiger partial charge in [0, 0.05) is 19.0 Å². The largest absolute Gasteiger partial charge is 0.351 e. The summed E-state index contributed by atoms with van der Waals surface area (Å²) < 4.78 is 0. The van der Waals surface area contributed by atoms with Crippen LogP contribution in [0.2, 0.25) is 0 Å². The van der Waals surface area contributed by atoms with Gasteiger partial charge < -0.3 is 10.6 Å². The monoisotopic (exact) mass is 180 g/mol. The van der Waals surface area contributed by atoms with Crippen LogP contribution in [-0.4, -0.2) is 25.0 Å². The summed E-state index contributed by atoms with van der Waals surface area (Å²) in [4.78, 5) is 11.7. The van der Waals surface area contributed by atoms with Crippen LogP contribution in [-0.2, 0) is 4.79 Å². The molecule has 0 spiro atoms. The zero-order valence-electron chi connectivity index (χ0n) is 7.75. The van der Waals surface area contributed by atoms with E-state index < -0.39 is 0 Å². The molecular weight excluding hydrogens is 164 g/mol. The van der Waals surface area contributed by atoms with Gasteiger partial charge in [-0.3, -0.25) is 4.79 Å². The minimum absolute atomic E-state index is 0.334. The van der Waals surface area contributed by atoms with Crippen LogP contribution in [0, 0.1) is 17.8 Å². The van der Waals surface area contributed by atoms with Gasteiger partial charge in [0.25, 0.3) is 0 Å². The molecule has 3 nitrogen and oxygen atoms in total. The highest BCUT2D eigenvalue weighted by molar-refractivity contribution is 5.82. The highest BCUT2D eigenvalue weighted by Gasteiger charge is 2.56. The molecule has 1 amide bonds. The average molecular weight is 180 g/mol. The topological polar surface area (TPSA) is 41.1 Å². The van der Waals surface area contributed by atoms with Crippen molar-refractivity contribution < 1.29 is 4.79 Å². The van der Waals surface area contributed by atoms with Gasteiger partial charge in [0.05, 0.1) is 6.04 Å². The first-order chi connectivity index (χ1) is 6.36. The Bertz CT molecular complexity index is 227. The Labute approximate surface area is 78.3 Å². The molecule has 0 aromatic rings. The highest BCUT2D eigenvalue weighted by atomic mass is 16.2. The van der Waals surface area contributed by atoms with Gasteiger partial charge in [-0.05, 0) is 24.7 Å². The third-order valence-corrected chi connectivity index (χ3v) is 3.84. The lowest BCUT2D eigenvalue weighted by Gasteiger charge is -2.28. The summed E-state index contributed by atoms with van der Waals surface area (Å²) in [5.41, 5.74) is 0. The molecule has 2 saturated carbocycles. The second-order valence-electron chi connectivity index (χ2n) is 4.65. The molecule has 0 aromatic heterocycles. The van der Waals surface area contributed by atoms with E-state index in [1.165, 1.54) is 19.3 Å². The molecule has 3 fully saturated rings. The number of rotatable bonds is 2. The van der Waals surface area contributed by atoms with Crippen molar-refractivity contribution >= 4 is 5.91 Å². The predicted octanol–water partition coefficient (Wildman–Crippen LogP) is 0.120. The van der Waals surface area contributed by atoms with Gasteiger partial charge in [0.1, 0.15) is 0 Å². The molecule has 3 heteroatoms. The van der Waals surface area contributed by atoms with Gasteiger partial charge in [-0.2, -0.15) is 0 Å². The van der Waals surface area contributed by atoms with Gasteiger partial charge in [-0.25, -0.2) is 0 Å². The second kappa shape index (κ2) is 2.71. The molecule has 2 unspecified atom stereocenters. The summed E-state index contributed by atoms with van der Waals surface area (Å²) in [6.45, 7) is 1.93. The third-order valence-electron chi connectivity index (χ3n) is 3.84. The van der Waals surface area contributed by atoms with E-state index in [2.05, 4.69) is 10.6 Å². The Hall–Kier alpha value is -0.570. The molecule has 2 atom stereocenters. The predicted molar refractivity (Wildman–Crippen MR) is 49.1 cm³/mol. The van der Waals surface area contributed by atoms with Crippen LogP contribution >= 0.6 is 0 Å². The molecule has 1 heterocycles. The summed E-state index contributed by atoms with van der Waals surface area (Å²) in [5.74, 6) is 2.25. The lowest BCUT2D eigenvalue weighted by molar-refractivity contribution is -0.124. The highest BCUT2D eigenvalue weighted by Crippen LogP contribution is 2.57. The number of amides is 1. The van der Waals surface area contributed by atoms with Gasteiger partial charge in [0.2, 0.25) is 5.91 Å². The van der Waals surface area contributed by atoms with Crippen LogP contribution in [0.3, 0.4) is 0 Å². The quantitative estimate of drug-likeness (QED) is 0.634. The lowest BCUT2D eigenvalue weighted by atomic mass is 10.1. The Kier molecular flexibility index (Phi) is 1.62. The van der Waals surface area contributed by atoms with Crippen LogP contribution < -0.4 is 10.6 Å². The van der Waals surface area contributed by atoms with Gasteiger partial charge in [-0.1, -0.05) is 6.42 Å². The maximum Gasteiger partial charge on any atom is 0.223 e. The van der Waals surface area contributed by atoms with E-state index in [1.807, 2.05) is 0 Å². The smallest absolute Gasteiger partial charge is 0.223 e. The standard InChI is InChI=1S/C10H16N2O/c13-10(12-6-4-11-5-6)9-7-2-1-3-8(7)9/h6-9,11H,1-5H2,(H,12,13). The Morgan fingerprint density at radius 1 is 1.23 bits per heavy atom. The van der Waals surface area contributed by atoms with Crippen molar-refractivity contribution in [3.63, 3.8) is 0 Å². The van der Waals surface area contributed by atoms with Crippen LogP contribution in [0.1, 0.15) is 19.3 Å². The van der Waals surface area contributed by atoms with Crippen molar-refractivity contribution in [2.45, 2.75) is 25.3 Å². The molecular formula is C10H16N2O. The van der Waals surface area contributed by atoms with Crippen LogP contribution in [0.4, 0.5) is 0 Å². The molecule has 13 heavy (non-hydrogen) atoms. The van der Waals surface area contributed by atoms with Gasteiger partial charge in [0.15, 0.2) is 0 Å². The van der Waals surface area contributed by atoms with E-state index in [0.29, 0.717) is 17.9 Å². The number of carbonyl (C=O) groups is 1. The van der Waals surface area contributed by atoms with Crippen LogP contribution in [0.25, 0.3) is 0 Å². The SMILES string of the molecule is O=C(NC1CNC1)C1C2CCCC21. The first-order valence-electron chi connectivity index (χ1n) is 5.37. The first-order valence-corrected chi connectivity index (χ1v) is 5.37. The lowest BCUT2D eigenvalue weighted by Crippen LogP contribution is -2.57. The van der Waals surface area contributed by atoms with Crippen molar-refractivity contribution in [2.24, 2.45) is 17.8 Å². The average Bonchev–Trinajstić information content (AvgIpc) is 2.53. The van der Waals surface area contributed by atoms with Crippen molar-refractivity contribution in [3.05, 3.63) is 0 Å². The Morgan fingerprint density at radius 3 is 2.46 bits per heavy atom. The Balaban J connectivity index is 1.52. The first kappa shape index (κ1) is 7.80. The fourth-order valence-corrected chi connectivity index (χ4v) is 2.90. The van der Waals surface area contributed by atoms with E-state index in [9.17, 15) is 4.79 Å². The third kappa shape index (κ3) is 1.17. The maximum atomic E-state index is 11.7. The zero-order valence-corrected chi connectivity index (χ0v) is 7.75. The number of carbonyl (C=O) groups excluding carboxylic acids is 1. The van der Waals surface area contributed by atoms with E-state index in [-0.39, 0.29) is 0 Å². The van der Waals surface area contributed by atoms with Crippen LogP contribution in [0.5, 0.6) is 0 Å². The molecule has 0 radical (unpaired) electrons.